The van der Waals surface area contributed by atoms with Crippen molar-refractivity contribution in [3.63, 3.8) is 0 Å². The first-order valence-corrected chi connectivity index (χ1v) is 8.91. The van der Waals surface area contributed by atoms with Crippen LogP contribution in [0.1, 0.15) is 30.4 Å². The predicted octanol–water partition coefficient (Wildman–Crippen LogP) is 2.70. The minimum Gasteiger partial charge on any atom is -0.494 e. The summed E-state index contributed by atoms with van der Waals surface area (Å²) in [6.45, 7) is 0.286. The third-order valence-corrected chi connectivity index (χ3v) is 4.44. The lowest BCUT2D eigenvalue weighted by Gasteiger charge is -2.24. The van der Waals surface area contributed by atoms with Crippen LogP contribution in [0.3, 0.4) is 0 Å². The zero-order valence-corrected chi connectivity index (χ0v) is 14.7. The maximum atomic E-state index is 9.22. The quantitative estimate of drug-likeness (QED) is 0.548. The molecule has 2 aromatic carbocycles. The smallest absolute Gasteiger partial charge is 0.119 e. The van der Waals surface area contributed by atoms with Crippen molar-refractivity contribution in [2.24, 2.45) is 5.73 Å². The molecule has 4 heteroatoms. The molecule has 0 unspecified atom stereocenters. The molecule has 2 rings (SSSR count). The van der Waals surface area contributed by atoms with Crippen molar-refractivity contribution >= 4 is 0 Å². The zero-order valence-electron chi connectivity index (χ0n) is 14.7. The molecule has 0 spiro atoms. The summed E-state index contributed by atoms with van der Waals surface area (Å²) in [5.74, 6) is 0.867. The van der Waals surface area contributed by atoms with E-state index >= 15 is 0 Å². The summed E-state index contributed by atoms with van der Waals surface area (Å²) < 4.78 is 5.78. The molecule has 0 aliphatic carbocycles. The fourth-order valence-electron chi connectivity index (χ4n) is 2.62. The lowest BCUT2D eigenvalue weighted by Crippen LogP contribution is -2.47. The van der Waals surface area contributed by atoms with E-state index in [0.717, 1.165) is 37.0 Å². The third kappa shape index (κ3) is 6.86. The van der Waals surface area contributed by atoms with E-state index in [1.54, 1.807) is 0 Å². The highest BCUT2D eigenvalue weighted by molar-refractivity contribution is 5.27. The SMILES string of the molecule is NC(CO)(CO)CCc1ccc(OCCCCc2ccccc2)cc1. The van der Waals surface area contributed by atoms with Gasteiger partial charge < -0.3 is 20.7 Å². The van der Waals surface area contributed by atoms with Crippen molar-refractivity contribution in [1.29, 1.82) is 0 Å². The monoisotopic (exact) mass is 343 g/mol. The van der Waals surface area contributed by atoms with E-state index in [1.165, 1.54) is 5.56 Å². The van der Waals surface area contributed by atoms with Crippen molar-refractivity contribution in [1.82, 2.24) is 0 Å². The van der Waals surface area contributed by atoms with E-state index in [0.29, 0.717) is 13.0 Å². The number of unbranched alkanes of at least 4 members (excludes halogenated alkanes) is 1. The summed E-state index contributed by atoms with van der Waals surface area (Å²) in [4.78, 5) is 0. The molecule has 0 bridgehead atoms. The minimum atomic E-state index is -0.909. The number of hydrogen-bond donors (Lipinski definition) is 3. The summed E-state index contributed by atoms with van der Waals surface area (Å²) >= 11 is 0. The predicted molar refractivity (Wildman–Crippen MR) is 101 cm³/mol. The molecule has 0 fully saturated rings. The van der Waals surface area contributed by atoms with Gasteiger partial charge in [-0.3, -0.25) is 0 Å². The molecule has 2 aromatic rings. The van der Waals surface area contributed by atoms with E-state index in [9.17, 15) is 10.2 Å². The lowest BCUT2D eigenvalue weighted by atomic mass is 9.94. The molecule has 0 aromatic heterocycles. The maximum absolute atomic E-state index is 9.22. The van der Waals surface area contributed by atoms with E-state index in [-0.39, 0.29) is 13.2 Å². The molecule has 136 valence electrons. The number of aliphatic hydroxyl groups excluding tert-OH is 2. The Labute approximate surface area is 150 Å². The van der Waals surface area contributed by atoms with Gasteiger partial charge in [0.15, 0.2) is 0 Å². The Bertz CT molecular complexity index is 594. The van der Waals surface area contributed by atoms with Crippen molar-refractivity contribution in [3.05, 3.63) is 65.7 Å². The standard InChI is InChI=1S/C21H29NO3/c22-21(16-23,17-24)14-13-19-9-11-20(12-10-19)25-15-5-4-8-18-6-2-1-3-7-18/h1-3,6-7,9-12,23-24H,4-5,8,13-17,22H2. The van der Waals surface area contributed by atoms with Gasteiger partial charge in [-0.25, -0.2) is 0 Å². The van der Waals surface area contributed by atoms with Gasteiger partial charge in [-0.1, -0.05) is 42.5 Å². The van der Waals surface area contributed by atoms with Crippen molar-refractivity contribution in [3.8, 4) is 5.75 Å². The van der Waals surface area contributed by atoms with Crippen LogP contribution in [0.5, 0.6) is 5.75 Å². The fourth-order valence-corrected chi connectivity index (χ4v) is 2.62. The average Bonchev–Trinajstić information content (AvgIpc) is 2.67. The third-order valence-electron chi connectivity index (χ3n) is 4.44. The highest BCUT2D eigenvalue weighted by Gasteiger charge is 2.22. The zero-order chi connectivity index (χ0) is 18.0. The van der Waals surface area contributed by atoms with Gasteiger partial charge in [0.2, 0.25) is 0 Å². The number of ether oxygens (including phenoxy) is 1. The number of aliphatic hydroxyl groups is 2. The van der Waals surface area contributed by atoms with Gasteiger partial charge in [0.05, 0.1) is 25.4 Å². The Kier molecular flexibility index (Phi) is 7.92. The fraction of sp³-hybridized carbons (Fsp3) is 0.429. The second kappa shape index (κ2) is 10.2. The molecule has 0 saturated heterocycles. The normalized spacial score (nSPS) is 11.5. The van der Waals surface area contributed by atoms with Crippen molar-refractivity contribution < 1.29 is 14.9 Å². The van der Waals surface area contributed by atoms with E-state index in [2.05, 4.69) is 24.3 Å². The van der Waals surface area contributed by atoms with Gasteiger partial charge >= 0.3 is 0 Å². The Morgan fingerprint density at radius 1 is 0.800 bits per heavy atom. The summed E-state index contributed by atoms with van der Waals surface area (Å²) in [6, 6.07) is 18.4. The molecule has 0 heterocycles. The lowest BCUT2D eigenvalue weighted by molar-refractivity contribution is 0.115. The van der Waals surface area contributed by atoms with Gasteiger partial charge in [0, 0.05) is 0 Å². The molecular formula is C21H29NO3. The summed E-state index contributed by atoms with van der Waals surface area (Å²) in [5, 5.41) is 18.4. The van der Waals surface area contributed by atoms with E-state index < -0.39 is 5.54 Å². The molecule has 0 atom stereocenters. The average molecular weight is 343 g/mol. The minimum absolute atomic E-state index is 0.215. The Balaban J connectivity index is 1.66. The van der Waals surface area contributed by atoms with Crippen LogP contribution in [0.4, 0.5) is 0 Å². The molecule has 0 aliphatic heterocycles. The topological polar surface area (TPSA) is 75.7 Å². The van der Waals surface area contributed by atoms with E-state index in [1.807, 2.05) is 30.3 Å². The van der Waals surface area contributed by atoms with Crippen LogP contribution >= 0.6 is 0 Å². The first-order valence-electron chi connectivity index (χ1n) is 8.91. The largest absolute Gasteiger partial charge is 0.494 e. The first kappa shape index (κ1) is 19.4. The molecule has 25 heavy (non-hydrogen) atoms. The summed E-state index contributed by atoms with van der Waals surface area (Å²) in [7, 11) is 0. The van der Waals surface area contributed by atoms with Gasteiger partial charge in [-0.05, 0) is 55.4 Å². The molecule has 4 N–H and O–H groups in total. The maximum Gasteiger partial charge on any atom is 0.119 e. The van der Waals surface area contributed by atoms with Crippen LogP contribution in [0.15, 0.2) is 54.6 Å². The van der Waals surface area contributed by atoms with Crippen LogP contribution in [0.25, 0.3) is 0 Å². The Morgan fingerprint density at radius 3 is 2.08 bits per heavy atom. The molecule has 0 amide bonds. The molecule has 4 nitrogen and oxygen atoms in total. The van der Waals surface area contributed by atoms with Crippen LogP contribution in [-0.4, -0.2) is 35.6 Å². The Hall–Kier alpha value is -1.88. The summed E-state index contributed by atoms with van der Waals surface area (Å²) in [5.41, 5.74) is 7.46. The number of rotatable bonds is 11. The Morgan fingerprint density at radius 2 is 1.44 bits per heavy atom. The number of hydrogen-bond acceptors (Lipinski definition) is 4. The second-order valence-corrected chi connectivity index (χ2v) is 6.61. The highest BCUT2D eigenvalue weighted by atomic mass is 16.5. The number of aryl methyl sites for hydroxylation is 2. The van der Waals surface area contributed by atoms with Crippen LogP contribution in [0, 0.1) is 0 Å². The van der Waals surface area contributed by atoms with Gasteiger partial charge in [-0.2, -0.15) is 0 Å². The van der Waals surface area contributed by atoms with Gasteiger partial charge in [-0.15, -0.1) is 0 Å². The number of benzene rings is 2. The summed E-state index contributed by atoms with van der Waals surface area (Å²) in [6.07, 6.45) is 4.48. The van der Waals surface area contributed by atoms with Crippen LogP contribution < -0.4 is 10.5 Å². The molecular weight excluding hydrogens is 314 g/mol. The van der Waals surface area contributed by atoms with Crippen molar-refractivity contribution in [2.75, 3.05) is 19.8 Å². The number of nitrogens with two attached hydrogens (primary N) is 1. The molecule has 0 aliphatic rings. The first-order chi connectivity index (χ1) is 12.1. The highest BCUT2D eigenvalue weighted by Crippen LogP contribution is 2.16. The molecule has 0 radical (unpaired) electrons. The van der Waals surface area contributed by atoms with Gasteiger partial charge in [0.1, 0.15) is 5.75 Å². The molecule has 0 saturated carbocycles. The second-order valence-electron chi connectivity index (χ2n) is 6.61. The van der Waals surface area contributed by atoms with Crippen LogP contribution in [-0.2, 0) is 12.8 Å². The van der Waals surface area contributed by atoms with Crippen molar-refractivity contribution in [2.45, 2.75) is 37.6 Å². The van der Waals surface area contributed by atoms with Crippen LogP contribution in [0.2, 0.25) is 0 Å². The van der Waals surface area contributed by atoms with E-state index in [4.69, 9.17) is 10.5 Å². The van der Waals surface area contributed by atoms with Gasteiger partial charge in [0.25, 0.3) is 0 Å².